The predicted octanol–water partition coefficient (Wildman–Crippen LogP) is 6.39. The first-order valence-electron chi connectivity index (χ1n) is 10.2. The summed E-state index contributed by atoms with van der Waals surface area (Å²) >= 11 is 0. The number of H-pyrrole nitrogens is 1. The quantitative estimate of drug-likeness (QED) is 0.346. The molecule has 0 unspecified atom stereocenters. The number of para-hydroxylation sites is 1. The molecule has 2 aromatic carbocycles. The van der Waals surface area contributed by atoms with Crippen molar-refractivity contribution in [2.24, 2.45) is 0 Å². The lowest BCUT2D eigenvalue weighted by Crippen LogP contribution is -2.06. The van der Waals surface area contributed by atoms with Crippen molar-refractivity contribution in [2.75, 3.05) is 17.2 Å². The van der Waals surface area contributed by atoms with Gasteiger partial charge in [0.1, 0.15) is 0 Å². The van der Waals surface area contributed by atoms with Crippen LogP contribution in [0.3, 0.4) is 0 Å². The number of aromatic amines is 1. The van der Waals surface area contributed by atoms with Gasteiger partial charge in [0.05, 0.1) is 0 Å². The molecular weight excluding hydrogens is 356 g/mol. The molecule has 0 radical (unpaired) electrons. The summed E-state index contributed by atoms with van der Waals surface area (Å²) in [5.74, 6) is 0.519. The van der Waals surface area contributed by atoms with Crippen molar-refractivity contribution < 1.29 is 0 Å². The number of aryl methyl sites for hydroxylation is 1. The van der Waals surface area contributed by atoms with Crippen molar-refractivity contribution in [1.82, 2.24) is 9.97 Å². The molecule has 0 atom stereocenters. The molecule has 4 heteroatoms. The molecule has 2 heterocycles. The minimum absolute atomic E-state index is 0.519. The molecule has 0 spiro atoms. The zero-order valence-electron chi connectivity index (χ0n) is 17.3. The van der Waals surface area contributed by atoms with Crippen LogP contribution < -0.4 is 10.6 Å². The maximum atomic E-state index is 4.05. The second-order valence-corrected chi connectivity index (χ2v) is 7.81. The number of fused-ring (bicyclic) bond motifs is 1. The van der Waals surface area contributed by atoms with E-state index in [1.165, 1.54) is 33.3 Å². The van der Waals surface area contributed by atoms with Crippen LogP contribution in [-0.4, -0.2) is 16.5 Å². The minimum atomic E-state index is 0.519. The number of hydrogen-bond donors (Lipinski definition) is 3. The molecule has 148 valence electrons. The molecule has 4 aromatic rings. The van der Waals surface area contributed by atoms with Gasteiger partial charge >= 0.3 is 0 Å². The van der Waals surface area contributed by atoms with Crippen LogP contribution >= 0.6 is 0 Å². The molecule has 4 nitrogen and oxygen atoms in total. The van der Waals surface area contributed by atoms with Crippen LogP contribution in [-0.2, 0) is 6.42 Å². The molecular formula is C25H28N4. The number of nitrogens with zero attached hydrogens (tertiary/aromatic N) is 1. The van der Waals surface area contributed by atoms with Gasteiger partial charge < -0.3 is 15.6 Å². The first-order chi connectivity index (χ1) is 14.1. The topological polar surface area (TPSA) is 52.7 Å². The molecule has 29 heavy (non-hydrogen) atoms. The summed E-state index contributed by atoms with van der Waals surface area (Å²) in [6.07, 6.45) is 6.73. The van der Waals surface area contributed by atoms with Gasteiger partial charge in [-0.1, -0.05) is 32.0 Å². The summed E-state index contributed by atoms with van der Waals surface area (Å²) < 4.78 is 0. The average Bonchev–Trinajstić information content (AvgIpc) is 3.13. The van der Waals surface area contributed by atoms with E-state index in [1.807, 2.05) is 12.1 Å². The maximum absolute atomic E-state index is 4.05. The third kappa shape index (κ3) is 4.27. The monoisotopic (exact) mass is 384 g/mol. The lowest BCUT2D eigenvalue weighted by molar-refractivity contribution is 0.873. The number of pyridine rings is 1. The van der Waals surface area contributed by atoms with E-state index in [4.69, 9.17) is 0 Å². The zero-order valence-corrected chi connectivity index (χ0v) is 17.3. The van der Waals surface area contributed by atoms with Crippen LogP contribution in [0, 0.1) is 6.92 Å². The second kappa shape index (κ2) is 8.39. The Labute approximate surface area is 172 Å². The number of nitrogens with one attached hydrogen (secondary N) is 3. The summed E-state index contributed by atoms with van der Waals surface area (Å²) in [5, 5.41) is 8.35. The first-order valence-corrected chi connectivity index (χ1v) is 10.2. The Bertz CT molecular complexity index is 1100. The van der Waals surface area contributed by atoms with Gasteiger partial charge in [-0.25, -0.2) is 0 Å². The third-order valence-electron chi connectivity index (χ3n) is 5.36. The van der Waals surface area contributed by atoms with Gasteiger partial charge in [0.15, 0.2) is 0 Å². The van der Waals surface area contributed by atoms with Gasteiger partial charge in [-0.2, -0.15) is 0 Å². The molecule has 0 fully saturated rings. The molecule has 0 aliphatic heterocycles. The highest BCUT2D eigenvalue weighted by atomic mass is 14.9. The van der Waals surface area contributed by atoms with Crippen molar-refractivity contribution in [2.45, 2.75) is 33.1 Å². The average molecular weight is 385 g/mol. The Balaban J connectivity index is 1.41. The van der Waals surface area contributed by atoms with Crippen molar-refractivity contribution in [3.63, 3.8) is 0 Å². The first kappa shape index (κ1) is 19.1. The molecule has 0 saturated heterocycles. The lowest BCUT2D eigenvalue weighted by atomic mass is 9.99. The van der Waals surface area contributed by atoms with Gasteiger partial charge in [0, 0.05) is 53.1 Å². The third-order valence-corrected chi connectivity index (χ3v) is 5.36. The standard InChI is InChI=1S/C25H28N4/c1-17(2)22-5-4-6-23-19(16-28-25(22)23)9-14-27-24-8-7-21(15-18(24)3)29-20-10-12-26-13-11-20/h4-8,10-13,15-17,27-28H,9,14H2,1-3H3,(H,26,29). The van der Waals surface area contributed by atoms with Crippen LogP contribution in [0.4, 0.5) is 17.1 Å². The molecule has 2 aromatic heterocycles. The number of anilines is 3. The summed E-state index contributed by atoms with van der Waals surface area (Å²) in [6.45, 7) is 7.52. The van der Waals surface area contributed by atoms with E-state index < -0.39 is 0 Å². The molecule has 3 N–H and O–H groups in total. The van der Waals surface area contributed by atoms with E-state index in [-0.39, 0.29) is 0 Å². The Kier molecular flexibility index (Phi) is 5.52. The fourth-order valence-corrected chi connectivity index (χ4v) is 3.80. The van der Waals surface area contributed by atoms with Crippen LogP contribution in [0.15, 0.2) is 67.1 Å². The normalized spacial score (nSPS) is 11.2. The van der Waals surface area contributed by atoms with Crippen molar-refractivity contribution in [3.05, 3.63) is 83.8 Å². The van der Waals surface area contributed by atoms with Crippen LogP contribution in [0.1, 0.15) is 36.5 Å². The Morgan fingerprint density at radius 3 is 2.59 bits per heavy atom. The summed E-state index contributed by atoms with van der Waals surface area (Å²) in [4.78, 5) is 7.54. The van der Waals surface area contributed by atoms with E-state index in [0.29, 0.717) is 5.92 Å². The smallest absolute Gasteiger partial charge is 0.0491 e. The zero-order chi connectivity index (χ0) is 20.2. The highest BCUT2D eigenvalue weighted by molar-refractivity contribution is 5.86. The number of aromatic nitrogens is 2. The molecule has 0 aliphatic rings. The molecule has 0 bridgehead atoms. The molecule has 0 aliphatic carbocycles. The maximum Gasteiger partial charge on any atom is 0.0491 e. The van der Waals surface area contributed by atoms with Gasteiger partial charge in [-0.15, -0.1) is 0 Å². The van der Waals surface area contributed by atoms with Crippen molar-refractivity contribution in [1.29, 1.82) is 0 Å². The van der Waals surface area contributed by atoms with Crippen LogP contribution in [0.2, 0.25) is 0 Å². The van der Waals surface area contributed by atoms with Crippen molar-refractivity contribution in [3.8, 4) is 0 Å². The van der Waals surface area contributed by atoms with Gasteiger partial charge in [-0.05, 0) is 66.3 Å². The summed E-state index contributed by atoms with van der Waals surface area (Å²) in [7, 11) is 0. The van der Waals surface area contributed by atoms with E-state index in [0.717, 1.165) is 24.3 Å². The lowest BCUT2D eigenvalue weighted by Gasteiger charge is -2.12. The van der Waals surface area contributed by atoms with E-state index in [1.54, 1.807) is 12.4 Å². The van der Waals surface area contributed by atoms with E-state index >= 15 is 0 Å². The highest BCUT2D eigenvalue weighted by Crippen LogP contribution is 2.27. The Hall–Kier alpha value is -3.27. The Morgan fingerprint density at radius 1 is 1.00 bits per heavy atom. The number of rotatable bonds is 7. The van der Waals surface area contributed by atoms with Gasteiger partial charge in [0.25, 0.3) is 0 Å². The largest absolute Gasteiger partial charge is 0.384 e. The fraction of sp³-hybridized carbons (Fsp3) is 0.240. The minimum Gasteiger partial charge on any atom is -0.384 e. The Morgan fingerprint density at radius 2 is 1.83 bits per heavy atom. The molecule has 0 saturated carbocycles. The SMILES string of the molecule is Cc1cc(Nc2ccncc2)ccc1NCCc1c[nH]c2c(C(C)C)cccc12. The highest BCUT2D eigenvalue weighted by Gasteiger charge is 2.10. The summed E-state index contributed by atoms with van der Waals surface area (Å²) in [6, 6.07) is 17.0. The van der Waals surface area contributed by atoms with E-state index in [2.05, 4.69) is 84.0 Å². The van der Waals surface area contributed by atoms with E-state index in [9.17, 15) is 0 Å². The predicted molar refractivity (Wildman–Crippen MR) is 123 cm³/mol. The summed E-state index contributed by atoms with van der Waals surface area (Å²) in [5.41, 5.74) is 8.55. The number of benzene rings is 2. The molecule has 4 rings (SSSR count). The van der Waals surface area contributed by atoms with Gasteiger partial charge in [0.2, 0.25) is 0 Å². The number of hydrogen-bond acceptors (Lipinski definition) is 3. The van der Waals surface area contributed by atoms with Gasteiger partial charge in [-0.3, -0.25) is 4.98 Å². The fourth-order valence-electron chi connectivity index (χ4n) is 3.80. The van der Waals surface area contributed by atoms with Crippen LogP contribution in [0.5, 0.6) is 0 Å². The van der Waals surface area contributed by atoms with Crippen LogP contribution in [0.25, 0.3) is 10.9 Å². The molecule has 0 amide bonds. The second-order valence-electron chi connectivity index (χ2n) is 7.81. The van der Waals surface area contributed by atoms with Crippen molar-refractivity contribution >= 4 is 28.0 Å².